The van der Waals surface area contributed by atoms with Gasteiger partial charge < -0.3 is 9.64 Å². The molecule has 1 amide bonds. The zero-order chi connectivity index (χ0) is 20.0. The zero-order valence-electron chi connectivity index (χ0n) is 15.0. The van der Waals surface area contributed by atoms with E-state index in [4.69, 9.17) is 39.5 Å². The van der Waals surface area contributed by atoms with Crippen LogP contribution in [0.15, 0.2) is 42.5 Å². The lowest BCUT2D eigenvalue weighted by Gasteiger charge is -2.27. The Labute approximate surface area is 174 Å². The number of hydrogen-bond donors (Lipinski definition) is 0. The average Bonchev–Trinajstić information content (AvgIpc) is 2.63. The Bertz CT molecular complexity index is 809. The van der Waals surface area contributed by atoms with E-state index in [-0.39, 0.29) is 18.9 Å². The van der Waals surface area contributed by atoms with E-state index in [0.29, 0.717) is 27.1 Å². The van der Waals surface area contributed by atoms with E-state index in [9.17, 15) is 9.59 Å². The number of carbonyl (C=O) groups excluding carboxylic acids is 2. The minimum absolute atomic E-state index is 0.0586. The Morgan fingerprint density at radius 1 is 1.04 bits per heavy atom. The van der Waals surface area contributed by atoms with Gasteiger partial charge in [0.25, 0.3) is 0 Å². The van der Waals surface area contributed by atoms with Crippen molar-refractivity contribution in [1.29, 1.82) is 0 Å². The maximum Gasteiger partial charge on any atom is 0.329 e. The van der Waals surface area contributed by atoms with E-state index in [1.165, 1.54) is 4.90 Å². The molecule has 0 saturated carbocycles. The predicted octanol–water partition coefficient (Wildman–Crippen LogP) is 4.82. The summed E-state index contributed by atoms with van der Waals surface area (Å²) in [4.78, 5) is 26.6. The van der Waals surface area contributed by atoms with Crippen LogP contribution in [-0.4, -0.2) is 36.5 Å². The van der Waals surface area contributed by atoms with Crippen LogP contribution in [0.5, 0.6) is 0 Å². The number of hydrogen-bond acceptors (Lipinski definition) is 3. The van der Waals surface area contributed by atoms with Crippen LogP contribution in [0.4, 0.5) is 0 Å². The molecule has 2 rings (SSSR count). The summed E-state index contributed by atoms with van der Waals surface area (Å²) in [6.45, 7) is 1.97. The number of likely N-dealkylation sites (N-methyl/N-ethyl adjacent to an activating group) is 1. The van der Waals surface area contributed by atoms with Crippen molar-refractivity contribution in [1.82, 2.24) is 4.90 Å². The monoisotopic (exact) mass is 427 g/mol. The molecule has 0 radical (unpaired) electrons. The van der Waals surface area contributed by atoms with Crippen LogP contribution < -0.4 is 0 Å². The van der Waals surface area contributed by atoms with Gasteiger partial charge in [-0.1, -0.05) is 53.0 Å². The Morgan fingerprint density at radius 2 is 1.67 bits per heavy atom. The van der Waals surface area contributed by atoms with Crippen LogP contribution in [0, 0.1) is 0 Å². The third-order valence-electron chi connectivity index (χ3n) is 4.12. The Kier molecular flexibility index (Phi) is 7.96. The van der Waals surface area contributed by atoms with Gasteiger partial charge in [-0.05, 0) is 42.3 Å². The van der Waals surface area contributed by atoms with Gasteiger partial charge in [0.1, 0.15) is 6.04 Å². The normalized spacial score (nSPS) is 11.7. The van der Waals surface area contributed by atoms with Crippen LogP contribution in [0.3, 0.4) is 0 Å². The Hall–Kier alpha value is -1.75. The number of ether oxygens (including phenoxy) is 1. The van der Waals surface area contributed by atoms with Gasteiger partial charge in [-0.2, -0.15) is 0 Å². The predicted molar refractivity (Wildman–Crippen MR) is 109 cm³/mol. The van der Waals surface area contributed by atoms with Gasteiger partial charge in [-0.3, -0.25) is 4.79 Å². The number of carbonyl (C=O) groups is 2. The van der Waals surface area contributed by atoms with E-state index in [1.807, 2.05) is 12.1 Å². The third kappa shape index (κ3) is 6.13. The third-order valence-corrected chi connectivity index (χ3v) is 4.96. The molecule has 27 heavy (non-hydrogen) atoms. The van der Waals surface area contributed by atoms with E-state index in [0.717, 1.165) is 5.56 Å². The van der Waals surface area contributed by atoms with Crippen LogP contribution in [-0.2, 0) is 27.2 Å². The summed E-state index contributed by atoms with van der Waals surface area (Å²) >= 11 is 18.0. The number of nitrogens with zero attached hydrogens (tertiary/aromatic N) is 1. The Morgan fingerprint density at radius 3 is 2.26 bits per heavy atom. The number of halogens is 3. The minimum Gasteiger partial charge on any atom is -0.464 e. The molecule has 0 aliphatic heterocycles. The van der Waals surface area contributed by atoms with Crippen molar-refractivity contribution in [2.45, 2.75) is 25.8 Å². The first-order valence-electron chi connectivity index (χ1n) is 8.42. The minimum atomic E-state index is -0.746. The molecule has 2 aromatic rings. The van der Waals surface area contributed by atoms with E-state index < -0.39 is 12.0 Å². The van der Waals surface area contributed by atoms with Gasteiger partial charge >= 0.3 is 5.97 Å². The fourth-order valence-electron chi connectivity index (χ4n) is 2.59. The lowest BCUT2D eigenvalue weighted by atomic mass is 10.0. The van der Waals surface area contributed by atoms with E-state index in [2.05, 4.69) is 0 Å². The molecule has 0 aliphatic rings. The lowest BCUT2D eigenvalue weighted by molar-refractivity contribution is -0.153. The molecular weight excluding hydrogens is 409 g/mol. The number of esters is 1. The van der Waals surface area contributed by atoms with Crippen molar-refractivity contribution in [2.75, 3.05) is 13.7 Å². The molecule has 0 aliphatic carbocycles. The number of benzene rings is 2. The molecule has 0 spiro atoms. The summed E-state index contributed by atoms with van der Waals surface area (Å²) in [5, 5.41) is 1.51. The highest BCUT2D eigenvalue weighted by Crippen LogP contribution is 2.22. The van der Waals surface area contributed by atoms with Crippen molar-refractivity contribution in [3.8, 4) is 0 Å². The second-order valence-corrected chi connectivity index (χ2v) is 7.30. The molecular formula is C20H20Cl3NO3. The van der Waals surface area contributed by atoms with Crippen LogP contribution in [0.2, 0.25) is 15.1 Å². The smallest absolute Gasteiger partial charge is 0.329 e. The first-order valence-corrected chi connectivity index (χ1v) is 9.55. The summed E-state index contributed by atoms with van der Waals surface area (Å²) in [5.74, 6) is -0.697. The average molecular weight is 429 g/mol. The highest BCUT2D eigenvalue weighted by atomic mass is 35.5. The highest BCUT2D eigenvalue weighted by Gasteiger charge is 2.28. The molecule has 0 bridgehead atoms. The molecule has 2 aromatic carbocycles. The quantitative estimate of drug-likeness (QED) is 0.594. The maximum atomic E-state index is 12.7. The number of rotatable bonds is 7. The SMILES string of the molecule is CCOC(=O)C(Cc1ccc(Cl)cc1)N(C)C(=O)Cc1ccc(Cl)cc1Cl. The maximum absolute atomic E-state index is 12.7. The molecule has 0 saturated heterocycles. The van der Waals surface area contributed by atoms with Gasteiger partial charge in [0.05, 0.1) is 13.0 Å². The summed E-state index contributed by atoms with van der Waals surface area (Å²) < 4.78 is 5.16. The zero-order valence-corrected chi connectivity index (χ0v) is 17.3. The molecule has 144 valence electrons. The topological polar surface area (TPSA) is 46.6 Å². The van der Waals surface area contributed by atoms with E-state index >= 15 is 0 Å². The largest absolute Gasteiger partial charge is 0.464 e. The second kappa shape index (κ2) is 9.98. The first kappa shape index (κ1) is 21.5. The van der Waals surface area contributed by atoms with Crippen LogP contribution in [0.1, 0.15) is 18.1 Å². The van der Waals surface area contributed by atoms with Crippen molar-refractivity contribution in [2.24, 2.45) is 0 Å². The summed E-state index contributed by atoms with van der Waals surface area (Å²) in [7, 11) is 1.59. The molecule has 0 N–H and O–H groups in total. The standard InChI is InChI=1S/C20H20Cl3NO3/c1-3-27-20(26)18(10-13-4-7-15(21)8-5-13)24(2)19(25)11-14-6-9-16(22)12-17(14)23/h4-9,12,18H,3,10-11H2,1-2H3. The molecule has 0 heterocycles. The fraction of sp³-hybridized carbons (Fsp3) is 0.300. The van der Waals surface area contributed by atoms with Gasteiger partial charge in [0, 0.05) is 28.5 Å². The van der Waals surface area contributed by atoms with E-state index in [1.54, 1.807) is 44.3 Å². The van der Waals surface area contributed by atoms with Gasteiger partial charge in [-0.25, -0.2) is 4.79 Å². The van der Waals surface area contributed by atoms with Crippen molar-refractivity contribution >= 4 is 46.7 Å². The summed E-state index contributed by atoms with van der Waals surface area (Å²) in [6, 6.07) is 11.4. The molecule has 1 unspecified atom stereocenters. The Balaban J connectivity index is 2.18. The molecule has 0 aromatic heterocycles. The van der Waals surface area contributed by atoms with Gasteiger partial charge in [0.15, 0.2) is 0 Å². The van der Waals surface area contributed by atoms with Crippen LogP contribution >= 0.6 is 34.8 Å². The van der Waals surface area contributed by atoms with Gasteiger partial charge in [0.2, 0.25) is 5.91 Å². The molecule has 0 fully saturated rings. The van der Waals surface area contributed by atoms with Crippen molar-refractivity contribution < 1.29 is 14.3 Å². The molecule has 7 heteroatoms. The second-order valence-electron chi connectivity index (χ2n) is 6.02. The van der Waals surface area contributed by atoms with Crippen LogP contribution in [0.25, 0.3) is 0 Å². The van der Waals surface area contributed by atoms with Crippen molar-refractivity contribution in [3.63, 3.8) is 0 Å². The molecule has 1 atom stereocenters. The molecule has 4 nitrogen and oxygen atoms in total. The first-order chi connectivity index (χ1) is 12.8. The van der Waals surface area contributed by atoms with Gasteiger partial charge in [-0.15, -0.1) is 0 Å². The summed E-state index contributed by atoms with van der Waals surface area (Å²) in [6.07, 6.45) is 0.385. The lowest BCUT2D eigenvalue weighted by Crippen LogP contribution is -2.45. The number of amides is 1. The van der Waals surface area contributed by atoms with Crippen molar-refractivity contribution in [3.05, 3.63) is 68.7 Å². The highest BCUT2D eigenvalue weighted by molar-refractivity contribution is 6.35. The fourth-order valence-corrected chi connectivity index (χ4v) is 3.19. The summed E-state index contributed by atoms with van der Waals surface area (Å²) in [5.41, 5.74) is 1.52.